The SMILES string of the molecule is C/C=C(\C=C/C(COc1nnc(NC(=O)c2cnc(C)cc2-c2cc(Cl)ncc2OC)s1)=C(C)C)C(C)N. The average Bonchev–Trinajstić information content (AvgIpc) is 3.32. The van der Waals surface area contributed by atoms with E-state index in [1.54, 1.807) is 12.1 Å². The highest BCUT2D eigenvalue weighted by atomic mass is 35.5. The van der Waals surface area contributed by atoms with E-state index in [-0.39, 0.29) is 11.2 Å². The molecule has 3 rings (SSSR count). The van der Waals surface area contributed by atoms with Crippen molar-refractivity contribution in [1.29, 1.82) is 0 Å². The minimum atomic E-state index is -0.409. The zero-order chi connectivity index (χ0) is 27.8. The van der Waals surface area contributed by atoms with Gasteiger partial charge in [-0.25, -0.2) is 4.98 Å². The van der Waals surface area contributed by atoms with Crippen LogP contribution in [0.2, 0.25) is 5.15 Å². The maximum absolute atomic E-state index is 13.2. The molecule has 9 nitrogen and oxygen atoms in total. The summed E-state index contributed by atoms with van der Waals surface area (Å²) in [6.45, 7) is 10.0. The van der Waals surface area contributed by atoms with Crippen molar-refractivity contribution in [2.45, 2.75) is 40.7 Å². The second-order valence-electron chi connectivity index (χ2n) is 8.63. The summed E-state index contributed by atoms with van der Waals surface area (Å²) in [4.78, 5) is 21.6. The summed E-state index contributed by atoms with van der Waals surface area (Å²) in [5.74, 6) is 0.0696. The minimum Gasteiger partial charge on any atom is -0.494 e. The summed E-state index contributed by atoms with van der Waals surface area (Å²) in [7, 11) is 1.53. The second-order valence-corrected chi connectivity index (χ2v) is 9.96. The normalized spacial score (nSPS) is 12.4. The van der Waals surface area contributed by atoms with Gasteiger partial charge < -0.3 is 15.2 Å². The molecule has 0 saturated carbocycles. The molecule has 0 fully saturated rings. The predicted molar refractivity (Wildman–Crippen MR) is 152 cm³/mol. The van der Waals surface area contributed by atoms with Gasteiger partial charge >= 0.3 is 0 Å². The molecule has 1 amide bonds. The first-order valence-electron chi connectivity index (χ1n) is 11.8. The van der Waals surface area contributed by atoms with Crippen molar-refractivity contribution < 1.29 is 14.3 Å². The molecule has 0 radical (unpaired) electrons. The van der Waals surface area contributed by atoms with Crippen LogP contribution in [-0.2, 0) is 0 Å². The van der Waals surface area contributed by atoms with Crippen LogP contribution in [0.3, 0.4) is 0 Å². The average molecular weight is 555 g/mol. The Morgan fingerprint density at radius 1 is 1.18 bits per heavy atom. The molecule has 3 aromatic heterocycles. The van der Waals surface area contributed by atoms with Gasteiger partial charge in [-0.05, 0) is 69.2 Å². The zero-order valence-corrected chi connectivity index (χ0v) is 23.8. The van der Waals surface area contributed by atoms with E-state index in [0.29, 0.717) is 39.4 Å². The fourth-order valence-corrected chi connectivity index (χ4v) is 4.19. The number of carbonyl (C=O) groups excluding carboxylic acids is 1. The van der Waals surface area contributed by atoms with Gasteiger partial charge in [0, 0.05) is 29.1 Å². The van der Waals surface area contributed by atoms with Crippen LogP contribution >= 0.6 is 22.9 Å². The van der Waals surface area contributed by atoms with Crippen LogP contribution in [0, 0.1) is 6.92 Å². The van der Waals surface area contributed by atoms with Crippen LogP contribution in [0.15, 0.2) is 59.5 Å². The second kappa shape index (κ2) is 13.3. The molecule has 0 aliphatic rings. The number of hydrogen-bond donors (Lipinski definition) is 2. The van der Waals surface area contributed by atoms with E-state index in [4.69, 9.17) is 26.8 Å². The molecule has 3 heterocycles. The van der Waals surface area contributed by atoms with E-state index >= 15 is 0 Å². The van der Waals surface area contributed by atoms with Gasteiger partial charge in [0.05, 0.1) is 18.9 Å². The summed E-state index contributed by atoms with van der Waals surface area (Å²) in [5, 5.41) is 11.8. The van der Waals surface area contributed by atoms with Gasteiger partial charge in [0.1, 0.15) is 17.5 Å². The number of methoxy groups -OCH3 is 1. The predicted octanol–water partition coefficient (Wildman–Crippen LogP) is 5.78. The number of nitrogens with zero attached hydrogens (tertiary/aromatic N) is 4. The molecule has 0 spiro atoms. The number of rotatable bonds is 10. The number of aromatic nitrogens is 4. The number of amides is 1. The van der Waals surface area contributed by atoms with Crippen molar-refractivity contribution >= 4 is 34.0 Å². The molecule has 1 unspecified atom stereocenters. The van der Waals surface area contributed by atoms with E-state index in [0.717, 1.165) is 33.8 Å². The summed E-state index contributed by atoms with van der Waals surface area (Å²) in [5.41, 5.74) is 11.4. The van der Waals surface area contributed by atoms with E-state index in [1.807, 2.05) is 52.8 Å². The lowest BCUT2D eigenvalue weighted by molar-refractivity contribution is 0.102. The lowest BCUT2D eigenvalue weighted by Gasteiger charge is -2.13. The highest BCUT2D eigenvalue weighted by Crippen LogP contribution is 2.34. The number of anilines is 1. The number of ether oxygens (including phenoxy) is 2. The number of nitrogens with one attached hydrogen (secondary N) is 1. The van der Waals surface area contributed by atoms with Crippen LogP contribution < -0.4 is 20.5 Å². The standard InChI is InChI=1S/C27H31ClN6O3S/c1-7-18(17(5)29)8-9-19(15(2)3)14-37-27-34-33-26(38-27)32-25(35)22-12-30-16(4)10-20(22)21-11-24(28)31-13-23(21)36-6/h7-13,17H,14,29H2,1-6H3,(H,32,33,35)/b9-8-,18-7+. The highest BCUT2D eigenvalue weighted by Gasteiger charge is 2.19. The van der Waals surface area contributed by atoms with Gasteiger partial charge in [-0.1, -0.05) is 40.5 Å². The van der Waals surface area contributed by atoms with Crippen molar-refractivity contribution in [2.24, 2.45) is 5.73 Å². The van der Waals surface area contributed by atoms with Gasteiger partial charge in [0.15, 0.2) is 0 Å². The lowest BCUT2D eigenvalue weighted by atomic mass is 10.0. The van der Waals surface area contributed by atoms with E-state index in [9.17, 15) is 4.79 Å². The fourth-order valence-electron chi connectivity index (χ4n) is 3.44. The Bertz CT molecular complexity index is 1390. The highest BCUT2D eigenvalue weighted by molar-refractivity contribution is 7.17. The van der Waals surface area contributed by atoms with Crippen molar-refractivity contribution in [3.05, 3.63) is 75.9 Å². The molecule has 0 aliphatic heterocycles. The first kappa shape index (κ1) is 29.0. The molecular formula is C27H31ClN6O3S. The van der Waals surface area contributed by atoms with Gasteiger partial charge in [-0.15, -0.1) is 5.10 Å². The molecule has 11 heteroatoms. The quantitative estimate of drug-likeness (QED) is 0.238. The van der Waals surface area contributed by atoms with Gasteiger partial charge in [0.25, 0.3) is 11.1 Å². The molecule has 1 atom stereocenters. The molecule has 3 aromatic rings. The maximum Gasteiger partial charge on any atom is 0.296 e. The summed E-state index contributed by atoms with van der Waals surface area (Å²) >= 11 is 7.25. The first-order valence-corrected chi connectivity index (χ1v) is 13.0. The Labute approximate surface area is 231 Å². The number of carbonyl (C=O) groups is 1. The van der Waals surface area contributed by atoms with E-state index in [1.165, 1.54) is 19.5 Å². The molecule has 38 heavy (non-hydrogen) atoms. The Morgan fingerprint density at radius 2 is 1.95 bits per heavy atom. The molecular weight excluding hydrogens is 524 g/mol. The van der Waals surface area contributed by atoms with Crippen molar-refractivity contribution in [2.75, 3.05) is 19.0 Å². The van der Waals surface area contributed by atoms with Crippen LogP contribution in [0.1, 0.15) is 43.7 Å². The third-order valence-corrected chi connectivity index (χ3v) is 6.54. The third kappa shape index (κ3) is 7.47. The minimum absolute atomic E-state index is 0.0641. The van der Waals surface area contributed by atoms with Gasteiger partial charge in [-0.3, -0.25) is 15.1 Å². The van der Waals surface area contributed by atoms with Gasteiger partial charge in [-0.2, -0.15) is 0 Å². The molecule has 3 N–H and O–H groups in total. The molecule has 0 aromatic carbocycles. The summed E-state index contributed by atoms with van der Waals surface area (Å²) < 4.78 is 11.3. The monoisotopic (exact) mass is 554 g/mol. The maximum atomic E-state index is 13.2. The molecule has 0 bridgehead atoms. The van der Waals surface area contributed by atoms with Crippen molar-refractivity contribution in [1.82, 2.24) is 20.2 Å². The Kier molecular flexibility index (Phi) is 10.1. The topological polar surface area (TPSA) is 125 Å². The zero-order valence-electron chi connectivity index (χ0n) is 22.2. The number of allylic oxidation sites excluding steroid dienone is 2. The number of pyridine rings is 2. The number of halogens is 1. The van der Waals surface area contributed by atoms with Crippen LogP contribution in [-0.4, -0.2) is 45.8 Å². The molecule has 0 saturated heterocycles. The van der Waals surface area contributed by atoms with E-state index < -0.39 is 5.91 Å². The Morgan fingerprint density at radius 3 is 2.61 bits per heavy atom. The third-order valence-electron chi connectivity index (χ3n) is 5.59. The van der Waals surface area contributed by atoms with Crippen molar-refractivity contribution in [3.8, 4) is 22.1 Å². The van der Waals surface area contributed by atoms with Crippen molar-refractivity contribution in [3.63, 3.8) is 0 Å². The summed E-state index contributed by atoms with van der Waals surface area (Å²) in [6.07, 6.45) is 8.97. The number of nitrogens with two attached hydrogens (primary N) is 1. The number of hydrogen-bond acceptors (Lipinski definition) is 9. The van der Waals surface area contributed by atoms with E-state index in [2.05, 4.69) is 25.5 Å². The largest absolute Gasteiger partial charge is 0.494 e. The van der Waals surface area contributed by atoms with Gasteiger partial charge in [0.2, 0.25) is 5.13 Å². The first-order chi connectivity index (χ1) is 18.1. The smallest absolute Gasteiger partial charge is 0.296 e. The van der Waals surface area contributed by atoms with Crippen LogP contribution in [0.5, 0.6) is 10.9 Å². The number of aryl methyl sites for hydroxylation is 1. The fraction of sp³-hybridized carbons (Fsp3) is 0.296. The Hall–Kier alpha value is -3.60. The van der Waals surface area contributed by atoms with Crippen LogP contribution in [0.25, 0.3) is 11.1 Å². The summed E-state index contributed by atoms with van der Waals surface area (Å²) in [6, 6.07) is 3.37. The lowest BCUT2D eigenvalue weighted by Crippen LogP contribution is -2.16. The van der Waals surface area contributed by atoms with Crippen LogP contribution in [0.4, 0.5) is 5.13 Å². The molecule has 0 aliphatic carbocycles. The molecule has 200 valence electrons. The Balaban J connectivity index is 1.76.